The third kappa shape index (κ3) is 5.20. The first-order valence-corrected chi connectivity index (χ1v) is 10.1. The molecule has 0 aliphatic carbocycles. The normalized spacial score (nSPS) is 15.0. The number of barbiturate groups is 1. The highest BCUT2D eigenvalue weighted by molar-refractivity contribution is 6.39. The highest BCUT2D eigenvalue weighted by Crippen LogP contribution is 2.30. The lowest BCUT2D eigenvalue weighted by Crippen LogP contribution is -2.54. The molecule has 33 heavy (non-hydrogen) atoms. The predicted octanol–water partition coefficient (Wildman–Crippen LogP) is 3.04. The third-order valence-corrected chi connectivity index (χ3v) is 4.99. The second-order valence-electron chi connectivity index (χ2n) is 7.48. The van der Waals surface area contributed by atoms with Gasteiger partial charge >= 0.3 is 12.0 Å². The molecule has 1 fully saturated rings. The predicted molar refractivity (Wildman–Crippen MR) is 120 cm³/mol. The zero-order valence-corrected chi connectivity index (χ0v) is 18.7. The molecule has 4 amide bonds. The molecule has 1 N–H and O–H groups in total. The Morgan fingerprint density at radius 1 is 1.03 bits per heavy atom. The second-order valence-corrected chi connectivity index (χ2v) is 7.48. The molecule has 0 unspecified atom stereocenters. The average Bonchev–Trinajstić information content (AvgIpc) is 2.80. The van der Waals surface area contributed by atoms with Gasteiger partial charge in [-0.25, -0.2) is 14.5 Å². The van der Waals surface area contributed by atoms with Crippen molar-refractivity contribution in [2.24, 2.45) is 0 Å². The molecule has 0 atom stereocenters. The summed E-state index contributed by atoms with van der Waals surface area (Å²) in [5.74, 6) is -1.24. The van der Waals surface area contributed by atoms with Crippen LogP contribution in [0.15, 0.2) is 48.0 Å². The van der Waals surface area contributed by atoms with Crippen molar-refractivity contribution in [1.29, 1.82) is 0 Å². The summed E-state index contributed by atoms with van der Waals surface area (Å²) in [7, 11) is 2.66. The van der Waals surface area contributed by atoms with E-state index in [4.69, 9.17) is 9.47 Å². The number of rotatable bonds is 7. The summed E-state index contributed by atoms with van der Waals surface area (Å²) in [6.07, 6.45) is 1.35. The number of imide groups is 2. The van der Waals surface area contributed by atoms with Crippen LogP contribution in [0.25, 0.3) is 6.08 Å². The SMILES string of the molecule is COC(=O)COc1ccc(/C=C2\C(=O)NC(=O)N(c3ccc(C(C)C)cc3)C2=O)cc1OC. The van der Waals surface area contributed by atoms with Crippen LogP contribution in [0.1, 0.15) is 30.9 Å². The molecular formula is C24H24N2O7. The van der Waals surface area contributed by atoms with Crippen molar-refractivity contribution in [2.45, 2.75) is 19.8 Å². The van der Waals surface area contributed by atoms with Gasteiger partial charge in [-0.3, -0.25) is 14.9 Å². The average molecular weight is 452 g/mol. The quantitative estimate of drug-likeness (QED) is 0.390. The number of nitrogens with one attached hydrogen (secondary N) is 1. The molecule has 1 aliphatic heterocycles. The number of methoxy groups -OCH3 is 2. The van der Waals surface area contributed by atoms with Crippen LogP contribution in [0.2, 0.25) is 0 Å². The van der Waals surface area contributed by atoms with Crippen molar-refractivity contribution >= 4 is 35.6 Å². The van der Waals surface area contributed by atoms with Crippen molar-refractivity contribution in [3.63, 3.8) is 0 Å². The summed E-state index contributed by atoms with van der Waals surface area (Å²) in [5, 5.41) is 2.20. The Morgan fingerprint density at radius 3 is 2.33 bits per heavy atom. The molecule has 3 rings (SSSR count). The van der Waals surface area contributed by atoms with E-state index in [1.165, 1.54) is 26.4 Å². The van der Waals surface area contributed by atoms with Crippen molar-refractivity contribution in [2.75, 3.05) is 25.7 Å². The summed E-state index contributed by atoms with van der Waals surface area (Å²) in [4.78, 5) is 50.1. The smallest absolute Gasteiger partial charge is 0.343 e. The van der Waals surface area contributed by atoms with Gasteiger partial charge in [0.1, 0.15) is 5.57 Å². The largest absolute Gasteiger partial charge is 0.493 e. The van der Waals surface area contributed by atoms with Crippen molar-refractivity contribution in [3.05, 3.63) is 59.2 Å². The molecule has 1 aliphatic rings. The molecule has 0 spiro atoms. The van der Waals surface area contributed by atoms with Crippen LogP contribution in [0, 0.1) is 0 Å². The van der Waals surface area contributed by atoms with Gasteiger partial charge in [0.15, 0.2) is 18.1 Å². The van der Waals surface area contributed by atoms with Gasteiger partial charge in [-0.15, -0.1) is 0 Å². The molecule has 9 nitrogen and oxygen atoms in total. The molecule has 2 aromatic carbocycles. The zero-order chi connectivity index (χ0) is 24.1. The molecule has 9 heteroatoms. The molecule has 0 radical (unpaired) electrons. The second kappa shape index (κ2) is 9.99. The maximum atomic E-state index is 13.1. The first-order valence-electron chi connectivity index (χ1n) is 10.1. The van der Waals surface area contributed by atoms with Gasteiger partial charge in [0, 0.05) is 0 Å². The number of urea groups is 1. The highest BCUT2D eigenvalue weighted by atomic mass is 16.6. The topological polar surface area (TPSA) is 111 Å². The van der Waals surface area contributed by atoms with Crippen LogP contribution in [0.5, 0.6) is 11.5 Å². The van der Waals surface area contributed by atoms with Crippen LogP contribution in [0.3, 0.4) is 0 Å². The van der Waals surface area contributed by atoms with E-state index in [-0.39, 0.29) is 29.6 Å². The van der Waals surface area contributed by atoms with Gasteiger partial charge in [-0.1, -0.05) is 32.0 Å². The zero-order valence-electron chi connectivity index (χ0n) is 18.7. The Morgan fingerprint density at radius 2 is 1.73 bits per heavy atom. The maximum absolute atomic E-state index is 13.1. The lowest BCUT2D eigenvalue weighted by molar-refractivity contribution is -0.143. The standard InChI is InChI=1S/C24H24N2O7/c1-14(2)16-6-8-17(9-7-16)26-23(29)18(22(28)25-24(26)30)11-15-5-10-19(20(12-15)31-3)33-13-21(27)32-4/h5-12,14H,13H2,1-4H3,(H,25,28,30)/b18-11+. The minimum Gasteiger partial charge on any atom is -0.493 e. The fourth-order valence-electron chi connectivity index (χ4n) is 3.16. The fraction of sp³-hybridized carbons (Fsp3) is 0.250. The molecule has 1 saturated heterocycles. The first kappa shape index (κ1) is 23.5. The van der Waals surface area contributed by atoms with Crippen molar-refractivity contribution in [1.82, 2.24) is 5.32 Å². The Balaban J connectivity index is 1.90. The van der Waals surface area contributed by atoms with Gasteiger partial charge < -0.3 is 14.2 Å². The van der Waals surface area contributed by atoms with Crippen LogP contribution < -0.4 is 19.7 Å². The van der Waals surface area contributed by atoms with Gasteiger partial charge in [0.25, 0.3) is 11.8 Å². The lowest BCUT2D eigenvalue weighted by Gasteiger charge is -2.26. The first-order chi connectivity index (χ1) is 15.7. The van der Waals surface area contributed by atoms with E-state index >= 15 is 0 Å². The number of esters is 1. The number of anilines is 1. The van der Waals surface area contributed by atoms with Gasteiger partial charge in [0.2, 0.25) is 0 Å². The fourth-order valence-corrected chi connectivity index (χ4v) is 3.16. The molecule has 0 bridgehead atoms. The molecule has 2 aromatic rings. The summed E-state index contributed by atoms with van der Waals surface area (Å²) in [6.45, 7) is 3.77. The maximum Gasteiger partial charge on any atom is 0.343 e. The number of carbonyl (C=O) groups excluding carboxylic acids is 4. The summed E-state index contributed by atoms with van der Waals surface area (Å²) in [6, 6.07) is 10.8. The molecule has 0 saturated carbocycles. The number of carbonyl (C=O) groups is 4. The van der Waals surface area contributed by atoms with Gasteiger partial charge in [-0.2, -0.15) is 0 Å². The third-order valence-electron chi connectivity index (χ3n) is 4.99. The van der Waals surface area contributed by atoms with E-state index in [1.54, 1.807) is 24.3 Å². The van der Waals surface area contributed by atoms with E-state index in [2.05, 4.69) is 10.1 Å². The highest BCUT2D eigenvalue weighted by Gasteiger charge is 2.36. The van der Waals surface area contributed by atoms with Crippen LogP contribution in [0.4, 0.5) is 10.5 Å². The van der Waals surface area contributed by atoms with E-state index in [0.29, 0.717) is 11.3 Å². The number of benzene rings is 2. The Hall–Kier alpha value is -4.14. The number of hydrogen-bond donors (Lipinski definition) is 1. The number of amides is 4. The van der Waals surface area contributed by atoms with E-state index in [0.717, 1.165) is 10.5 Å². The molecule has 0 aromatic heterocycles. The Bertz CT molecular complexity index is 1120. The van der Waals surface area contributed by atoms with Crippen molar-refractivity contribution < 1.29 is 33.4 Å². The lowest BCUT2D eigenvalue weighted by atomic mass is 10.0. The Kier molecular flexibility index (Phi) is 7.12. The van der Waals surface area contributed by atoms with Gasteiger partial charge in [-0.05, 0) is 47.4 Å². The number of hydrogen-bond acceptors (Lipinski definition) is 7. The minimum absolute atomic E-state index is 0.215. The summed E-state index contributed by atoms with van der Waals surface area (Å²) < 4.78 is 15.2. The molecule has 172 valence electrons. The van der Waals surface area contributed by atoms with Crippen molar-refractivity contribution in [3.8, 4) is 11.5 Å². The monoisotopic (exact) mass is 452 g/mol. The van der Waals surface area contributed by atoms with Crippen LogP contribution >= 0.6 is 0 Å². The Labute approximate surface area is 190 Å². The van der Waals surface area contributed by atoms with E-state index in [9.17, 15) is 19.2 Å². The minimum atomic E-state index is -0.816. The number of nitrogens with zero attached hydrogens (tertiary/aromatic N) is 1. The molecular weight excluding hydrogens is 428 g/mol. The van der Waals surface area contributed by atoms with E-state index in [1.807, 2.05) is 26.0 Å². The molecule has 1 heterocycles. The number of ether oxygens (including phenoxy) is 3. The van der Waals surface area contributed by atoms with Crippen LogP contribution in [-0.4, -0.2) is 44.6 Å². The summed E-state index contributed by atoms with van der Waals surface area (Å²) in [5.41, 5.74) is 1.65. The van der Waals surface area contributed by atoms with Gasteiger partial charge in [0.05, 0.1) is 19.9 Å². The summed E-state index contributed by atoms with van der Waals surface area (Å²) >= 11 is 0. The van der Waals surface area contributed by atoms with E-state index < -0.39 is 23.8 Å². The van der Waals surface area contributed by atoms with Crippen LogP contribution in [-0.2, 0) is 19.1 Å².